The first-order chi connectivity index (χ1) is 10.5. The summed E-state index contributed by atoms with van der Waals surface area (Å²) in [6.07, 6.45) is 1.49. The second kappa shape index (κ2) is 7.40. The van der Waals surface area contributed by atoms with Crippen LogP contribution < -0.4 is 0 Å². The summed E-state index contributed by atoms with van der Waals surface area (Å²) in [6.45, 7) is 5.39. The van der Waals surface area contributed by atoms with Crippen LogP contribution in [0.1, 0.15) is 40.7 Å². The number of amides is 1. The molecule has 0 spiro atoms. The van der Waals surface area contributed by atoms with Gasteiger partial charge in [-0.25, -0.2) is 0 Å². The first-order valence-corrected chi connectivity index (χ1v) is 7.67. The van der Waals surface area contributed by atoms with Crippen LogP contribution in [0.5, 0.6) is 0 Å². The Labute approximate surface area is 130 Å². The summed E-state index contributed by atoms with van der Waals surface area (Å²) >= 11 is 0. The zero-order valence-corrected chi connectivity index (χ0v) is 13.2. The van der Waals surface area contributed by atoms with E-state index >= 15 is 0 Å². The SMILES string of the molecule is Cc1ccc(C(=O)N(CCC(=O)O)C2CCOCC2)c(C)c1. The van der Waals surface area contributed by atoms with Crippen molar-refractivity contribution < 1.29 is 19.4 Å². The molecular weight excluding hydrogens is 282 g/mol. The summed E-state index contributed by atoms with van der Waals surface area (Å²) in [7, 11) is 0. The fourth-order valence-electron chi connectivity index (χ4n) is 2.87. The minimum Gasteiger partial charge on any atom is -0.481 e. The molecule has 0 saturated carbocycles. The summed E-state index contributed by atoms with van der Waals surface area (Å²) in [5.41, 5.74) is 2.69. The van der Waals surface area contributed by atoms with Crippen LogP contribution in [0.25, 0.3) is 0 Å². The van der Waals surface area contributed by atoms with Crippen molar-refractivity contribution in [2.75, 3.05) is 19.8 Å². The number of carboxylic acid groups (broad SMARTS) is 1. The average Bonchev–Trinajstić information content (AvgIpc) is 2.48. The van der Waals surface area contributed by atoms with Crippen LogP contribution >= 0.6 is 0 Å². The summed E-state index contributed by atoms with van der Waals surface area (Å²) in [5, 5.41) is 8.94. The lowest BCUT2D eigenvalue weighted by molar-refractivity contribution is -0.137. The van der Waals surface area contributed by atoms with Gasteiger partial charge in [0.1, 0.15) is 0 Å². The fourth-order valence-corrected chi connectivity index (χ4v) is 2.87. The lowest BCUT2D eigenvalue weighted by Gasteiger charge is -2.34. The number of hydrogen-bond donors (Lipinski definition) is 1. The molecule has 1 aromatic rings. The molecule has 1 saturated heterocycles. The molecule has 5 heteroatoms. The molecular formula is C17H23NO4. The Bertz CT molecular complexity index is 550. The van der Waals surface area contributed by atoms with Gasteiger partial charge in [0.25, 0.3) is 5.91 Å². The zero-order valence-electron chi connectivity index (χ0n) is 13.2. The molecule has 1 heterocycles. The second-order valence-corrected chi connectivity index (χ2v) is 5.80. The van der Waals surface area contributed by atoms with E-state index in [0.717, 1.165) is 24.0 Å². The van der Waals surface area contributed by atoms with E-state index in [4.69, 9.17) is 9.84 Å². The Morgan fingerprint density at radius 2 is 1.95 bits per heavy atom. The van der Waals surface area contributed by atoms with Gasteiger partial charge in [0, 0.05) is 31.4 Å². The molecule has 0 aliphatic carbocycles. The zero-order chi connectivity index (χ0) is 16.1. The third-order valence-corrected chi connectivity index (χ3v) is 4.07. The van der Waals surface area contributed by atoms with Gasteiger partial charge in [-0.3, -0.25) is 9.59 Å². The second-order valence-electron chi connectivity index (χ2n) is 5.80. The van der Waals surface area contributed by atoms with Crippen molar-refractivity contribution in [3.8, 4) is 0 Å². The molecule has 1 fully saturated rings. The number of aliphatic carboxylic acids is 1. The van der Waals surface area contributed by atoms with Gasteiger partial charge in [-0.15, -0.1) is 0 Å². The highest BCUT2D eigenvalue weighted by molar-refractivity contribution is 5.96. The molecule has 5 nitrogen and oxygen atoms in total. The largest absolute Gasteiger partial charge is 0.481 e. The molecule has 0 aromatic heterocycles. The van der Waals surface area contributed by atoms with Gasteiger partial charge in [0.15, 0.2) is 0 Å². The van der Waals surface area contributed by atoms with Crippen molar-refractivity contribution >= 4 is 11.9 Å². The lowest BCUT2D eigenvalue weighted by atomic mass is 10.0. The maximum atomic E-state index is 12.9. The number of benzene rings is 1. The van der Waals surface area contributed by atoms with Gasteiger partial charge in [0.2, 0.25) is 0 Å². The van der Waals surface area contributed by atoms with E-state index < -0.39 is 5.97 Å². The maximum absolute atomic E-state index is 12.9. The molecule has 1 aromatic carbocycles. The highest BCUT2D eigenvalue weighted by Crippen LogP contribution is 2.20. The van der Waals surface area contributed by atoms with Crippen LogP contribution in [0.2, 0.25) is 0 Å². The molecule has 2 rings (SSSR count). The number of carbonyl (C=O) groups excluding carboxylic acids is 1. The van der Waals surface area contributed by atoms with Gasteiger partial charge < -0.3 is 14.7 Å². The van der Waals surface area contributed by atoms with Gasteiger partial charge in [-0.05, 0) is 38.3 Å². The van der Waals surface area contributed by atoms with Crippen molar-refractivity contribution in [2.24, 2.45) is 0 Å². The molecule has 0 radical (unpaired) electrons. The van der Waals surface area contributed by atoms with Crippen molar-refractivity contribution in [1.82, 2.24) is 4.90 Å². The van der Waals surface area contributed by atoms with Crippen LogP contribution in [0.15, 0.2) is 18.2 Å². The first-order valence-electron chi connectivity index (χ1n) is 7.67. The van der Waals surface area contributed by atoms with E-state index in [0.29, 0.717) is 18.8 Å². The summed E-state index contributed by atoms with van der Waals surface area (Å²) < 4.78 is 5.35. The molecule has 22 heavy (non-hydrogen) atoms. The number of carboxylic acids is 1. The van der Waals surface area contributed by atoms with Crippen molar-refractivity contribution in [2.45, 2.75) is 39.2 Å². The Kier molecular flexibility index (Phi) is 5.55. The Balaban J connectivity index is 2.21. The number of aryl methyl sites for hydroxylation is 2. The predicted octanol–water partition coefficient (Wildman–Crippen LogP) is 2.40. The molecule has 1 aliphatic heterocycles. The normalized spacial score (nSPS) is 15.5. The number of rotatable bonds is 5. The monoisotopic (exact) mass is 305 g/mol. The highest BCUT2D eigenvalue weighted by Gasteiger charge is 2.27. The van der Waals surface area contributed by atoms with E-state index in [-0.39, 0.29) is 24.9 Å². The predicted molar refractivity (Wildman–Crippen MR) is 83.0 cm³/mol. The molecule has 0 unspecified atom stereocenters. The maximum Gasteiger partial charge on any atom is 0.305 e. The van der Waals surface area contributed by atoms with E-state index in [9.17, 15) is 9.59 Å². The standard InChI is InChI=1S/C17H23NO4/c1-12-3-4-15(13(2)11-12)17(21)18(8-5-16(19)20)14-6-9-22-10-7-14/h3-4,11,14H,5-10H2,1-2H3,(H,19,20). The van der Waals surface area contributed by atoms with Gasteiger partial charge in [0.05, 0.1) is 6.42 Å². The summed E-state index contributed by atoms with van der Waals surface area (Å²) in [4.78, 5) is 25.5. The average molecular weight is 305 g/mol. The molecule has 1 aliphatic rings. The van der Waals surface area contributed by atoms with Gasteiger partial charge >= 0.3 is 5.97 Å². The Hall–Kier alpha value is -1.88. The number of hydrogen-bond acceptors (Lipinski definition) is 3. The van der Waals surface area contributed by atoms with Gasteiger partial charge in [-0.1, -0.05) is 17.7 Å². The third-order valence-electron chi connectivity index (χ3n) is 4.07. The number of nitrogens with zero attached hydrogens (tertiary/aromatic N) is 1. The van der Waals surface area contributed by atoms with Gasteiger partial charge in [-0.2, -0.15) is 0 Å². The van der Waals surface area contributed by atoms with Crippen LogP contribution in [0.3, 0.4) is 0 Å². The van der Waals surface area contributed by atoms with Crippen LogP contribution in [0, 0.1) is 13.8 Å². The highest BCUT2D eigenvalue weighted by atomic mass is 16.5. The van der Waals surface area contributed by atoms with Crippen molar-refractivity contribution in [3.63, 3.8) is 0 Å². The number of carbonyl (C=O) groups is 2. The van der Waals surface area contributed by atoms with Crippen LogP contribution in [-0.2, 0) is 9.53 Å². The Morgan fingerprint density at radius 1 is 1.27 bits per heavy atom. The topological polar surface area (TPSA) is 66.8 Å². The lowest BCUT2D eigenvalue weighted by Crippen LogP contribution is -2.44. The van der Waals surface area contributed by atoms with E-state index in [1.807, 2.05) is 32.0 Å². The number of ether oxygens (including phenoxy) is 1. The minimum atomic E-state index is -0.884. The quantitative estimate of drug-likeness (QED) is 0.907. The molecule has 120 valence electrons. The molecule has 0 bridgehead atoms. The molecule has 0 atom stereocenters. The van der Waals surface area contributed by atoms with Crippen LogP contribution in [0.4, 0.5) is 0 Å². The minimum absolute atomic E-state index is 0.0337. The van der Waals surface area contributed by atoms with Crippen LogP contribution in [-0.4, -0.2) is 47.7 Å². The Morgan fingerprint density at radius 3 is 2.55 bits per heavy atom. The summed E-state index contributed by atoms with van der Waals surface area (Å²) in [5.74, 6) is -0.962. The van der Waals surface area contributed by atoms with Crippen molar-refractivity contribution in [3.05, 3.63) is 34.9 Å². The fraction of sp³-hybridized carbons (Fsp3) is 0.529. The summed E-state index contributed by atoms with van der Waals surface area (Å²) in [6, 6.07) is 5.79. The smallest absolute Gasteiger partial charge is 0.305 e. The van der Waals surface area contributed by atoms with Crippen molar-refractivity contribution in [1.29, 1.82) is 0 Å². The molecule has 1 amide bonds. The molecule has 1 N–H and O–H groups in total. The van der Waals surface area contributed by atoms with E-state index in [1.54, 1.807) is 4.90 Å². The van der Waals surface area contributed by atoms with E-state index in [2.05, 4.69) is 0 Å². The first kappa shape index (κ1) is 16.5. The third kappa shape index (κ3) is 4.07. The van der Waals surface area contributed by atoms with E-state index in [1.165, 1.54) is 0 Å².